The minimum Gasteiger partial charge on any atom is -0.314 e. The molecule has 0 unspecified atom stereocenters. The van der Waals surface area contributed by atoms with Crippen molar-refractivity contribution < 1.29 is 0 Å². The van der Waals surface area contributed by atoms with Gasteiger partial charge in [0, 0.05) is 45.1 Å². The number of hydrogen-bond donors (Lipinski definition) is 1. The van der Waals surface area contributed by atoms with Gasteiger partial charge in [0.1, 0.15) is 0 Å². The van der Waals surface area contributed by atoms with Gasteiger partial charge in [0.2, 0.25) is 0 Å². The quantitative estimate of drug-likeness (QED) is 0.895. The highest BCUT2D eigenvalue weighted by Gasteiger charge is 2.08. The highest BCUT2D eigenvalue weighted by atomic mass is 15.3. The maximum Gasteiger partial charge on any atom is 0.0645 e. The molecule has 0 spiro atoms. The van der Waals surface area contributed by atoms with E-state index in [1.165, 1.54) is 18.7 Å². The predicted octanol–water partition coefficient (Wildman–Crippen LogP) is 1.32. The van der Waals surface area contributed by atoms with E-state index in [2.05, 4.69) is 39.6 Å². The molecule has 0 saturated carbocycles. The van der Waals surface area contributed by atoms with Crippen molar-refractivity contribution in [1.82, 2.24) is 20.0 Å². The van der Waals surface area contributed by atoms with E-state index >= 15 is 0 Å². The van der Waals surface area contributed by atoms with Gasteiger partial charge >= 0.3 is 0 Å². The maximum absolute atomic E-state index is 4.24. The zero-order valence-electron chi connectivity index (χ0n) is 11.1. The minimum absolute atomic E-state index is 1.12. The average Bonchev–Trinajstić information content (AvgIpc) is 3.01. The molecule has 3 rings (SSSR count). The maximum atomic E-state index is 4.24. The van der Waals surface area contributed by atoms with Gasteiger partial charge in [-0.05, 0) is 30.2 Å². The van der Waals surface area contributed by atoms with Gasteiger partial charge in [0.25, 0.3) is 0 Å². The molecule has 2 heterocycles. The van der Waals surface area contributed by atoms with Crippen molar-refractivity contribution in [3.05, 3.63) is 48.3 Å². The third kappa shape index (κ3) is 3.22. The van der Waals surface area contributed by atoms with Crippen molar-refractivity contribution in [2.75, 3.05) is 32.7 Å². The summed E-state index contributed by atoms with van der Waals surface area (Å²) in [4.78, 5) is 2.53. The number of rotatable bonds is 4. The lowest BCUT2D eigenvalue weighted by atomic mass is 10.1. The molecule has 1 fully saturated rings. The lowest BCUT2D eigenvalue weighted by Crippen LogP contribution is -2.44. The lowest BCUT2D eigenvalue weighted by Gasteiger charge is -2.27. The van der Waals surface area contributed by atoms with Crippen molar-refractivity contribution in [3.63, 3.8) is 0 Å². The minimum atomic E-state index is 1.12. The van der Waals surface area contributed by atoms with E-state index < -0.39 is 0 Å². The van der Waals surface area contributed by atoms with Gasteiger partial charge < -0.3 is 10.2 Å². The van der Waals surface area contributed by atoms with Crippen LogP contribution in [0, 0.1) is 0 Å². The Balaban J connectivity index is 1.57. The standard InChI is InChI=1S/C15H20N4/c1-7-17-19(10-1)15-4-2-14(3-5-15)6-11-18-12-8-16-9-13-18/h1-5,7,10,16H,6,8-9,11-13H2. The summed E-state index contributed by atoms with van der Waals surface area (Å²) in [6, 6.07) is 10.6. The zero-order chi connectivity index (χ0) is 12.9. The molecule has 4 nitrogen and oxygen atoms in total. The molecular formula is C15H20N4. The first-order valence-electron chi connectivity index (χ1n) is 6.94. The van der Waals surface area contributed by atoms with E-state index in [9.17, 15) is 0 Å². The first kappa shape index (κ1) is 12.4. The second-order valence-electron chi connectivity index (χ2n) is 4.96. The fourth-order valence-corrected chi connectivity index (χ4v) is 2.46. The van der Waals surface area contributed by atoms with Crippen molar-refractivity contribution in [2.24, 2.45) is 0 Å². The number of aromatic nitrogens is 2. The summed E-state index contributed by atoms with van der Waals surface area (Å²) >= 11 is 0. The molecular weight excluding hydrogens is 236 g/mol. The van der Waals surface area contributed by atoms with Crippen LogP contribution >= 0.6 is 0 Å². The summed E-state index contributed by atoms with van der Waals surface area (Å²) in [5, 5.41) is 7.62. The fourth-order valence-electron chi connectivity index (χ4n) is 2.46. The molecule has 0 radical (unpaired) electrons. The van der Waals surface area contributed by atoms with E-state index in [1.807, 2.05) is 16.9 Å². The highest BCUT2D eigenvalue weighted by molar-refractivity contribution is 5.33. The van der Waals surface area contributed by atoms with Crippen LogP contribution in [0.1, 0.15) is 5.56 Å². The van der Waals surface area contributed by atoms with Crippen LogP contribution in [0.25, 0.3) is 5.69 Å². The SMILES string of the molecule is c1cnn(-c2ccc(CCN3CCNCC3)cc2)c1. The number of benzene rings is 1. The number of nitrogens with zero attached hydrogens (tertiary/aromatic N) is 3. The monoisotopic (exact) mass is 256 g/mol. The molecule has 2 aromatic rings. The van der Waals surface area contributed by atoms with Crippen molar-refractivity contribution in [3.8, 4) is 5.69 Å². The third-order valence-electron chi connectivity index (χ3n) is 3.63. The number of nitrogens with one attached hydrogen (secondary N) is 1. The molecule has 0 aliphatic carbocycles. The Bertz CT molecular complexity index is 483. The molecule has 4 heteroatoms. The Morgan fingerprint density at radius 2 is 1.89 bits per heavy atom. The van der Waals surface area contributed by atoms with Gasteiger partial charge in [-0.3, -0.25) is 0 Å². The Morgan fingerprint density at radius 3 is 2.58 bits per heavy atom. The lowest BCUT2D eigenvalue weighted by molar-refractivity contribution is 0.244. The summed E-state index contributed by atoms with van der Waals surface area (Å²) in [5.74, 6) is 0. The molecule has 1 aliphatic rings. The van der Waals surface area contributed by atoms with Crippen molar-refractivity contribution >= 4 is 0 Å². The molecule has 0 atom stereocenters. The van der Waals surface area contributed by atoms with E-state index in [0.29, 0.717) is 0 Å². The normalized spacial score (nSPS) is 16.6. The summed E-state index contributed by atoms with van der Waals surface area (Å²) in [6.45, 7) is 5.75. The van der Waals surface area contributed by atoms with Gasteiger partial charge in [0.05, 0.1) is 5.69 Å². The van der Waals surface area contributed by atoms with Crippen LogP contribution in [0.5, 0.6) is 0 Å². The van der Waals surface area contributed by atoms with Gasteiger partial charge in [0.15, 0.2) is 0 Å². The number of piperazine rings is 1. The summed E-state index contributed by atoms with van der Waals surface area (Å²) in [7, 11) is 0. The predicted molar refractivity (Wildman–Crippen MR) is 76.6 cm³/mol. The van der Waals surface area contributed by atoms with Gasteiger partial charge in [-0.15, -0.1) is 0 Å². The van der Waals surface area contributed by atoms with Crippen LogP contribution < -0.4 is 5.32 Å². The van der Waals surface area contributed by atoms with E-state index in [-0.39, 0.29) is 0 Å². The molecule has 0 amide bonds. The molecule has 100 valence electrons. The topological polar surface area (TPSA) is 33.1 Å². The Hall–Kier alpha value is -1.65. The van der Waals surface area contributed by atoms with Crippen molar-refractivity contribution in [1.29, 1.82) is 0 Å². The Labute approximate surface area is 114 Å². The summed E-state index contributed by atoms with van der Waals surface area (Å²) in [5.41, 5.74) is 2.52. The molecule has 19 heavy (non-hydrogen) atoms. The largest absolute Gasteiger partial charge is 0.314 e. The van der Waals surface area contributed by atoms with E-state index in [1.54, 1.807) is 6.20 Å². The second-order valence-corrected chi connectivity index (χ2v) is 4.96. The second kappa shape index (κ2) is 5.99. The van der Waals surface area contributed by atoms with Crippen LogP contribution in [0.3, 0.4) is 0 Å². The first-order valence-corrected chi connectivity index (χ1v) is 6.94. The molecule has 0 bridgehead atoms. The van der Waals surface area contributed by atoms with Gasteiger partial charge in [-0.2, -0.15) is 5.10 Å². The third-order valence-corrected chi connectivity index (χ3v) is 3.63. The van der Waals surface area contributed by atoms with Crippen LogP contribution in [-0.2, 0) is 6.42 Å². The molecule has 1 saturated heterocycles. The van der Waals surface area contributed by atoms with Crippen LogP contribution in [0.15, 0.2) is 42.7 Å². The molecule has 1 aromatic carbocycles. The van der Waals surface area contributed by atoms with Gasteiger partial charge in [-0.1, -0.05) is 12.1 Å². The molecule has 1 aromatic heterocycles. The van der Waals surface area contributed by atoms with E-state index in [0.717, 1.165) is 31.7 Å². The smallest absolute Gasteiger partial charge is 0.0645 e. The van der Waals surface area contributed by atoms with Crippen LogP contribution in [0.4, 0.5) is 0 Å². The Kier molecular flexibility index (Phi) is 3.91. The van der Waals surface area contributed by atoms with Crippen LogP contribution in [0.2, 0.25) is 0 Å². The van der Waals surface area contributed by atoms with Gasteiger partial charge in [-0.25, -0.2) is 4.68 Å². The summed E-state index contributed by atoms with van der Waals surface area (Å²) in [6.07, 6.45) is 4.90. The van der Waals surface area contributed by atoms with Crippen molar-refractivity contribution in [2.45, 2.75) is 6.42 Å². The molecule has 1 N–H and O–H groups in total. The highest BCUT2D eigenvalue weighted by Crippen LogP contribution is 2.09. The number of hydrogen-bond acceptors (Lipinski definition) is 3. The summed E-state index contributed by atoms with van der Waals surface area (Å²) < 4.78 is 1.89. The fraction of sp³-hybridized carbons (Fsp3) is 0.400. The first-order chi connectivity index (χ1) is 9.42. The van der Waals surface area contributed by atoms with Crippen LogP contribution in [-0.4, -0.2) is 47.4 Å². The molecule has 1 aliphatic heterocycles. The van der Waals surface area contributed by atoms with E-state index in [4.69, 9.17) is 0 Å². The zero-order valence-corrected chi connectivity index (χ0v) is 11.1. The Morgan fingerprint density at radius 1 is 1.11 bits per heavy atom. The average molecular weight is 256 g/mol.